The number of hydrogen-bond donors (Lipinski definition) is 0. The minimum atomic E-state index is 1.02. The molecule has 3 rings (SSSR count). The second-order valence-electron chi connectivity index (χ2n) is 3.81. The van der Waals surface area contributed by atoms with Crippen LogP contribution in [-0.4, -0.2) is 9.97 Å². The van der Waals surface area contributed by atoms with E-state index in [0.717, 1.165) is 9.99 Å². The van der Waals surface area contributed by atoms with Crippen molar-refractivity contribution in [1.29, 1.82) is 0 Å². The molecule has 17 heavy (non-hydrogen) atoms. The number of aryl methyl sites for hydroxylation is 1. The summed E-state index contributed by atoms with van der Waals surface area (Å²) in [5, 5.41) is 2.08. The molecule has 0 aliphatic rings. The van der Waals surface area contributed by atoms with Gasteiger partial charge in [-0.2, -0.15) is 0 Å². The van der Waals surface area contributed by atoms with Crippen LogP contribution in [0, 0.1) is 6.92 Å². The normalized spacial score (nSPS) is 10.9. The highest BCUT2D eigenvalue weighted by Crippen LogP contribution is 2.36. The zero-order chi connectivity index (χ0) is 11.8. The van der Waals surface area contributed by atoms with Crippen molar-refractivity contribution in [1.82, 2.24) is 9.97 Å². The molecule has 0 radical (unpaired) electrons. The Kier molecular flexibility index (Phi) is 2.68. The van der Waals surface area contributed by atoms with Crippen LogP contribution in [0.3, 0.4) is 0 Å². The molecule has 0 aliphatic heterocycles. The van der Waals surface area contributed by atoms with Crippen LogP contribution in [0.25, 0.3) is 21.3 Å². The van der Waals surface area contributed by atoms with Gasteiger partial charge in [0.25, 0.3) is 0 Å². The SMILES string of the molecule is Cc1ccncc1-c1ccnc2c(Br)csc12. The van der Waals surface area contributed by atoms with Gasteiger partial charge in [0.2, 0.25) is 0 Å². The lowest BCUT2D eigenvalue weighted by Crippen LogP contribution is -1.86. The molecule has 0 N–H and O–H groups in total. The Morgan fingerprint density at radius 2 is 2.06 bits per heavy atom. The lowest BCUT2D eigenvalue weighted by atomic mass is 10.0. The standard InChI is InChI=1S/C13H9BrN2S/c1-8-2-4-15-6-10(8)9-3-5-16-12-11(14)7-17-13(9)12/h2-7H,1H3. The maximum absolute atomic E-state index is 4.40. The molecule has 3 aromatic rings. The number of halogens is 1. The molecular weight excluding hydrogens is 296 g/mol. The van der Waals surface area contributed by atoms with E-state index in [4.69, 9.17) is 0 Å². The highest BCUT2D eigenvalue weighted by Gasteiger charge is 2.10. The summed E-state index contributed by atoms with van der Waals surface area (Å²) in [5.74, 6) is 0. The first-order chi connectivity index (χ1) is 8.27. The Morgan fingerprint density at radius 1 is 1.18 bits per heavy atom. The third kappa shape index (κ3) is 1.77. The van der Waals surface area contributed by atoms with E-state index < -0.39 is 0 Å². The topological polar surface area (TPSA) is 25.8 Å². The molecule has 2 nitrogen and oxygen atoms in total. The maximum atomic E-state index is 4.40. The molecule has 0 saturated heterocycles. The van der Waals surface area contributed by atoms with Gasteiger partial charge in [-0.15, -0.1) is 11.3 Å². The molecule has 0 fully saturated rings. The number of nitrogens with zero attached hydrogens (tertiary/aromatic N) is 2. The highest BCUT2D eigenvalue weighted by atomic mass is 79.9. The Hall–Kier alpha value is -1.26. The first kappa shape index (κ1) is 10.9. The van der Waals surface area contributed by atoms with E-state index in [1.807, 2.05) is 24.7 Å². The number of fused-ring (bicyclic) bond motifs is 1. The fourth-order valence-corrected chi connectivity index (χ4v) is 3.49. The number of aromatic nitrogens is 2. The second-order valence-corrected chi connectivity index (χ2v) is 5.54. The molecule has 3 aromatic heterocycles. The van der Waals surface area contributed by atoms with E-state index in [-0.39, 0.29) is 0 Å². The van der Waals surface area contributed by atoms with Crippen molar-refractivity contribution in [3.63, 3.8) is 0 Å². The average molecular weight is 305 g/mol. The summed E-state index contributed by atoms with van der Waals surface area (Å²) in [6, 6.07) is 4.08. The maximum Gasteiger partial charge on any atom is 0.0958 e. The summed E-state index contributed by atoms with van der Waals surface area (Å²) in [6.07, 6.45) is 5.58. The molecule has 3 heterocycles. The van der Waals surface area contributed by atoms with Crippen molar-refractivity contribution < 1.29 is 0 Å². The van der Waals surface area contributed by atoms with Crippen molar-refractivity contribution in [3.8, 4) is 11.1 Å². The Balaban J connectivity index is 2.35. The molecule has 84 valence electrons. The summed E-state index contributed by atoms with van der Waals surface area (Å²) in [6.45, 7) is 2.10. The van der Waals surface area contributed by atoms with Gasteiger partial charge in [0, 0.05) is 35.1 Å². The van der Waals surface area contributed by atoms with Crippen LogP contribution in [0.4, 0.5) is 0 Å². The van der Waals surface area contributed by atoms with E-state index in [1.54, 1.807) is 11.3 Å². The number of rotatable bonds is 1. The summed E-state index contributed by atoms with van der Waals surface area (Å²) < 4.78 is 2.26. The van der Waals surface area contributed by atoms with Gasteiger partial charge in [-0.05, 0) is 40.5 Å². The van der Waals surface area contributed by atoms with Gasteiger partial charge in [0.05, 0.1) is 14.7 Å². The predicted octanol–water partition coefficient (Wildman–Crippen LogP) is 4.43. The minimum Gasteiger partial charge on any atom is -0.264 e. The monoisotopic (exact) mass is 304 g/mol. The Bertz CT molecular complexity index is 691. The number of hydrogen-bond acceptors (Lipinski definition) is 3. The molecule has 0 unspecified atom stereocenters. The molecular formula is C13H9BrN2S. The van der Waals surface area contributed by atoms with E-state index in [9.17, 15) is 0 Å². The molecule has 0 saturated carbocycles. The summed E-state index contributed by atoms with van der Waals surface area (Å²) in [7, 11) is 0. The van der Waals surface area contributed by atoms with Gasteiger partial charge in [-0.1, -0.05) is 0 Å². The van der Waals surface area contributed by atoms with Crippen molar-refractivity contribution in [2.24, 2.45) is 0 Å². The van der Waals surface area contributed by atoms with Crippen molar-refractivity contribution in [2.75, 3.05) is 0 Å². The van der Waals surface area contributed by atoms with E-state index in [2.05, 4.69) is 44.3 Å². The van der Waals surface area contributed by atoms with Crippen molar-refractivity contribution >= 4 is 37.5 Å². The zero-order valence-electron chi connectivity index (χ0n) is 9.14. The molecule has 0 atom stereocenters. The fourth-order valence-electron chi connectivity index (χ4n) is 1.86. The summed E-state index contributed by atoms with van der Waals surface area (Å²) >= 11 is 5.23. The Labute approximate surface area is 111 Å². The molecule has 0 bridgehead atoms. The minimum absolute atomic E-state index is 1.02. The van der Waals surface area contributed by atoms with Crippen LogP contribution >= 0.6 is 27.3 Å². The molecule has 0 aliphatic carbocycles. The van der Waals surface area contributed by atoms with E-state index in [0.29, 0.717) is 0 Å². The van der Waals surface area contributed by atoms with Gasteiger partial charge in [-0.3, -0.25) is 9.97 Å². The first-order valence-corrected chi connectivity index (χ1v) is 6.87. The van der Waals surface area contributed by atoms with Gasteiger partial charge < -0.3 is 0 Å². The summed E-state index contributed by atoms with van der Waals surface area (Å²) in [5.41, 5.74) is 4.64. The highest BCUT2D eigenvalue weighted by molar-refractivity contribution is 9.10. The van der Waals surface area contributed by atoms with Crippen LogP contribution in [0.1, 0.15) is 5.56 Å². The van der Waals surface area contributed by atoms with Gasteiger partial charge in [-0.25, -0.2) is 0 Å². The third-order valence-corrected chi connectivity index (χ3v) is 4.65. The van der Waals surface area contributed by atoms with Crippen LogP contribution in [-0.2, 0) is 0 Å². The van der Waals surface area contributed by atoms with E-state index >= 15 is 0 Å². The van der Waals surface area contributed by atoms with E-state index in [1.165, 1.54) is 21.4 Å². The number of pyridine rings is 2. The van der Waals surface area contributed by atoms with Gasteiger partial charge in [0.15, 0.2) is 0 Å². The third-order valence-electron chi connectivity index (χ3n) is 2.74. The molecule has 0 spiro atoms. The van der Waals surface area contributed by atoms with Gasteiger partial charge in [0.1, 0.15) is 0 Å². The Morgan fingerprint density at radius 3 is 2.88 bits per heavy atom. The quantitative estimate of drug-likeness (QED) is 0.664. The molecule has 0 amide bonds. The second kappa shape index (κ2) is 4.20. The van der Waals surface area contributed by atoms with Crippen molar-refractivity contribution in [2.45, 2.75) is 6.92 Å². The first-order valence-electron chi connectivity index (χ1n) is 5.20. The van der Waals surface area contributed by atoms with Crippen LogP contribution in [0.15, 0.2) is 40.6 Å². The van der Waals surface area contributed by atoms with Gasteiger partial charge >= 0.3 is 0 Å². The van der Waals surface area contributed by atoms with Crippen molar-refractivity contribution in [3.05, 3.63) is 46.1 Å². The lowest BCUT2D eigenvalue weighted by molar-refractivity contribution is 1.29. The molecule has 4 heteroatoms. The number of thiophene rings is 1. The summed E-state index contributed by atoms with van der Waals surface area (Å²) in [4.78, 5) is 8.61. The fraction of sp³-hybridized carbons (Fsp3) is 0.0769. The molecule has 0 aromatic carbocycles. The lowest BCUT2D eigenvalue weighted by Gasteiger charge is -2.05. The predicted molar refractivity (Wildman–Crippen MR) is 75.3 cm³/mol. The van der Waals surface area contributed by atoms with Crippen LogP contribution in [0.5, 0.6) is 0 Å². The zero-order valence-corrected chi connectivity index (χ0v) is 11.5. The largest absolute Gasteiger partial charge is 0.264 e. The smallest absolute Gasteiger partial charge is 0.0958 e. The van der Waals surface area contributed by atoms with Crippen LogP contribution in [0.2, 0.25) is 0 Å². The van der Waals surface area contributed by atoms with Crippen LogP contribution < -0.4 is 0 Å². The average Bonchev–Trinajstić information content (AvgIpc) is 2.72.